The average molecular weight is 216 g/mol. The summed E-state index contributed by atoms with van der Waals surface area (Å²) in [5.74, 6) is 0.0338. The third-order valence-corrected chi connectivity index (χ3v) is 2.70. The predicted molar refractivity (Wildman–Crippen MR) is 61.6 cm³/mol. The van der Waals surface area contributed by atoms with Crippen LogP contribution < -0.4 is 5.43 Å². The molecule has 0 bridgehead atoms. The van der Waals surface area contributed by atoms with Crippen LogP contribution in [-0.2, 0) is 4.79 Å². The Kier molecular flexibility index (Phi) is 2.86. The van der Waals surface area contributed by atoms with E-state index in [4.69, 9.17) is 4.42 Å². The molecule has 0 spiro atoms. The van der Waals surface area contributed by atoms with Crippen LogP contribution in [0.1, 0.15) is 24.8 Å². The number of rotatable bonds is 3. The number of benzene rings is 1. The van der Waals surface area contributed by atoms with E-state index < -0.39 is 0 Å². The Morgan fingerprint density at radius 1 is 1.38 bits per heavy atom. The Bertz CT molecular complexity index is 563. The van der Waals surface area contributed by atoms with Gasteiger partial charge in [0.2, 0.25) is 0 Å². The molecule has 0 N–H and O–H groups in total. The number of carbonyl (C=O) groups excluding carboxylic acids is 1. The standard InChI is InChI=1S/C13H12O3/c1-9(5-7-14)10-3-2-4-12-13(10)11(15)6-8-16-12/h2-4,6-9H,5H2,1H3. The van der Waals surface area contributed by atoms with Crippen molar-refractivity contribution >= 4 is 17.3 Å². The molecule has 3 heteroatoms. The first-order valence-electron chi connectivity index (χ1n) is 5.18. The fourth-order valence-electron chi connectivity index (χ4n) is 1.84. The smallest absolute Gasteiger partial charge is 0.192 e. The van der Waals surface area contributed by atoms with Gasteiger partial charge in [-0.1, -0.05) is 19.1 Å². The molecule has 0 aliphatic heterocycles. The van der Waals surface area contributed by atoms with Crippen molar-refractivity contribution in [3.63, 3.8) is 0 Å². The molecule has 0 aliphatic carbocycles. The summed E-state index contributed by atoms with van der Waals surface area (Å²) in [6, 6.07) is 6.86. The second kappa shape index (κ2) is 4.31. The van der Waals surface area contributed by atoms with Crippen LogP contribution in [0.5, 0.6) is 0 Å². The van der Waals surface area contributed by atoms with Gasteiger partial charge in [-0.05, 0) is 17.5 Å². The van der Waals surface area contributed by atoms with Crippen molar-refractivity contribution in [1.82, 2.24) is 0 Å². The van der Waals surface area contributed by atoms with Gasteiger partial charge in [0.25, 0.3) is 0 Å². The average Bonchev–Trinajstić information content (AvgIpc) is 2.29. The highest BCUT2D eigenvalue weighted by Gasteiger charge is 2.11. The Morgan fingerprint density at radius 2 is 2.19 bits per heavy atom. The molecule has 16 heavy (non-hydrogen) atoms. The highest BCUT2D eigenvalue weighted by atomic mass is 16.3. The minimum absolute atomic E-state index is 0.0338. The molecule has 1 unspecified atom stereocenters. The van der Waals surface area contributed by atoms with Gasteiger partial charge in [0.05, 0.1) is 11.6 Å². The van der Waals surface area contributed by atoms with E-state index in [1.54, 1.807) is 6.07 Å². The van der Waals surface area contributed by atoms with Crippen molar-refractivity contribution < 1.29 is 9.21 Å². The number of fused-ring (bicyclic) bond motifs is 1. The molecule has 1 atom stereocenters. The Hall–Kier alpha value is -1.90. The number of carbonyl (C=O) groups is 1. The van der Waals surface area contributed by atoms with Gasteiger partial charge in [0, 0.05) is 12.5 Å². The third kappa shape index (κ3) is 1.76. The third-order valence-electron chi connectivity index (χ3n) is 2.70. The van der Waals surface area contributed by atoms with Gasteiger partial charge in [-0.3, -0.25) is 4.79 Å². The van der Waals surface area contributed by atoms with Crippen LogP contribution >= 0.6 is 0 Å². The van der Waals surface area contributed by atoms with E-state index in [2.05, 4.69) is 0 Å². The van der Waals surface area contributed by atoms with E-state index in [9.17, 15) is 9.59 Å². The largest absolute Gasteiger partial charge is 0.464 e. The van der Waals surface area contributed by atoms with Crippen LogP contribution in [0.2, 0.25) is 0 Å². The van der Waals surface area contributed by atoms with Gasteiger partial charge >= 0.3 is 0 Å². The van der Waals surface area contributed by atoms with Gasteiger partial charge in [0.1, 0.15) is 11.9 Å². The van der Waals surface area contributed by atoms with Gasteiger partial charge in [0.15, 0.2) is 5.43 Å². The quantitative estimate of drug-likeness (QED) is 0.740. The van der Waals surface area contributed by atoms with E-state index in [-0.39, 0.29) is 11.3 Å². The lowest BCUT2D eigenvalue weighted by Gasteiger charge is -2.10. The summed E-state index contributed by atoms with van der Waals surface area (Å²) in [6.07, 6.45) is 2.67. The fraction of sp³-hybridized carbons (Fsp3) is 0.231. The number of hydrogen-bond acceptors (Lipinski definition) is 3. The topological polar surface area (TPSA) is 47.3 Å². The molecule has 0 saturated carbocycles. The normalized spacial score (nSPS) is 12.6. The fourth-order valence-corrected chi connectivity index (χ4v) is 1.84. The molecule has 0 saturated heterocycles. The van der Waals surface area contributed by atoms with E-state index in [1.165, 1.54) is 12.3 Å². The van der Waals surface area contributed by atoms with Crippen LogP contribution in [-0.4, -0.2) is 6.29 Å². The maximum atomic E-state index is 11.8. The molecule has 1 aromatic heterocycles. The second-order valence-electron chi connectivity index (χ2n) is 3.81. The van der Waals surface area contributed by atoms with Crippen molar-refractivity contribution in [3.8, 4) is 0 Å². The lowest BCUT2D eigenvalue weighted by Crippen LogP contribution is -2.05. The van der Waals surface area contributed by atoms with Crippen molar-refractivity contribution in [2.75, 3.05) is 0 Å². The molecule has 0 aliphatic rings. The first-order valence-corrected chi connectivity index (χ1v) is 5.18. The molecule has 82 valence electrons. The number of hydrogen-bond donors (Lipinski definition) is 0. The van der Waals surface area contributed by atoms with Crippen molar-refractivity contribution in [3.05, 3.63) is 46.3 Å². The minimum Gasteiger partial charge on any atom is -0.464 e. The molecule has 2 aromatic rings. The molecular formula is C13H12O3. The van der Waals surface area contributed by atoms with E-state index in [0.29, 0.717) is 17.4 Å². The molecule has 0 fully saturated rings. The van der Waals surface area contributed by atoms with E-state index in [1.807, 2.05) is 19.1 Å². The lowest BCUT2D eigenvalue weighted by molar-refractivity contribution is -0.108. The van der Waals surface area contributed by atoms with Gasteiger partial charge in [-0.25, -0.2) is 0 Å². The summed E-state index contributed by atoms with van der Waals surface area (Å²) in [5, 5.41) is 0.583. The maximum absolute atomic E-state index is 11.8. The van der Waals surface area contributed by atoms with Crippen molar-refractivity contribution in [1.29, 1.82) is 0 Å². The second-order valence-corrected chi connectivity index (χ2v) is 3.81. The minimum atomic E-state index is -0.0606. The summed E-state index contributed by atoms with van der Waals surface area (Å²) in [5.41, 5.74) is 1.39. The number of aldehydes is 1. The monoisotopic (exact) mass is 216 g/mol. The molecule has 1 heterocycles. The van der Waals surface area contributed by atoms with Crippen LogP contribution in [0.3, 0.4) is 0 Å². The van der Waals surface area contributed by atoms with Gasteiger partial charge < -0.3 is 9.21 Å². The molecule has 1 aromatic carbocycles. The molecule has 0 radical (unpaired) electrons. The van der Waals surface area contributed by atoms with Crippen LogP contribution in [0.15, 0.2) is 39.7 Å². The SMILES string of the molecule is CC(CC=O)c1cccc2occc(=O)c12. The summed E-state index contributed by atoms with van der Waals surface area (Å²) >= 11 is 0. The first-order chi connectivity index (χ1) is 7.74. The Morgan fingerprint density at radius 3 is 2.94 bits per heavy atom. The molecular weight excluding hydrogens is 204 g/mol. The predicted octanol–water partition coefficient (Wildman–Crippen LogP) is 2.49. The summed E-state index contributed by atoms with van der Waals surface area (Å²) < 4.78 is 5.27. The molecule has 3 nitrogen and oxygen atoms in total. The Balaban J connectivity index is 2.70. The maximum Gasteiger partial charge on any atom is 0.192 e. The van der Waals surface area contributed by atoms with Crippen LogP contribution in [0, 0.1) is 0 Å². The Labute approximate surface area is 92.7 Å². The highest BCUT2D eigenvalue weighted by molar-refractivity contribution is 5.81. The lowest BCUT2D eigenvalue weighted by atomic mass is 9.95. The van der Waals surface area contributed by atoms with Crippen molar-refractivity contribution in [2.45, 2.75) is 19.3 Å². The van der Waals surface area contributed by atoms with E-state index in [0.717, 1.165) is 11.8 Å². The zero-order valence-electron chi connectivity index (χ0n) is 8.97. The van der Waals surface area contributed by atoms with Crippen molar-refractivity contribution in [2.24, 2.45) is 0 Å². The molecule has 2 rings (SSSR count). The zero-order valence-corrected chi connectivity index (χ0v) is 8.97. The molecule has 0 amide bonds. The van der Waals surface area contributed by atoms with Gasteiger partial charge in [-0.2, -0.15) is 0 Å². The van der Waals surface area contributed by atoms with Gasteiger partial charge in [-0.15, -0.1) is 0 Å². The summed E-state index contributed by atoms with van der Waals surface area (Å²) in [6.45, 7) is 1.93. The highest BCUT2D eigenvalue weighted by Crippen LogP contribution is 2.24. The summed E-state index contributed by atoms with van der Waals surface area (Å²) in [7, 11) is 0. The zero-order chi connectivity index (χ0) is 11.5. The first kappa shape index (κ1) is 10.6. The van der Waals surface area contributed by atoms with E-state index >= 15 is 0 Å². The summed E-state index contributed by atoms with van der Waals surface area (Å²) in [4.78, 5) is 22.3. The van der Waals surface area contributed by atoms with Crippen LogP contribution in [0.25, 0.3) is 11.0 Å². The van der Waals surface area contributed by atoms with Crippen LogP contribution in [0.4, 0.5) is 0 Å².